The van der Waals surface area contributed by atoms with Gasteiger partial charge in [0, 0.05) is 13.2 Å². The predicted molar refractivity (Wildman–Crippen MR) is 46.2 cm³/mol. The minimum Gasteiger partial charge on any atom is -0.476 e. The number of aromatic nitrogens is 2. The fraction of sp³-hybridized carbons (Fsp3) is 0.167. The Bertz CT molecular complexity index is 316. The molecule has 1 heterocycles. The van der Waals surface area contributed by atoms with Crippen molar-refractivity contribution in [2.24, 2.45) is 0 Å². The van der Waals surface area contributed by atoms with Gasteiger partial charge in [-0.2, -0.15) is 0 Å². The van der Waals surface area contributed by atoms with E-state index in [9.17, 15) is 4.79 Å². The maximum absolute atomic E-state index is 10.5. The van der Waals surface area contributed by atoms with Gasteiger partial charge in [0.1, 0.15) is 0 Å². The van der Waals surface area contributed by atoms with E-state index in [-0.39, 0.29) is 11.6 Å². The summed E-state index contributed by atoms with van der Waals surface area (Å²) in [6.45, 7) is 0. The Balaban J connectivity index is 3.17. The zero-order valence-corrected chi connectivity index (χ0v) is 7.79. The second-order valence-corrected chi connectivity index (χ2v) is 2.80. The molecular weight excluding hydrogens is 226 g/mol. The fourth-order valence-corrected chi connectivity index (χ4v) is 0.998. The van der Waals surface area contributed by atoms with Crippen LogP contribution in [-0.4, -0.2) is 28.1 Å². The van der Waals surface area contributed by atoms with Gasteiger partial charge < -0.3 is 10.4 Å². The van der Waals surface area contributed by atoms with Gasteiger partial charge in [-0.1, -0.05) is 0 Å². The van der Waals surface area contributed by atoms with Gasteiger partial charge in [0.2, 0.25) is 5.95 Å². The minimum atomic E-state index is -1.08. The van der Waals surface area contributed by atoms with Crippen LogP contribution in [0, 0.1) is 0 Å². The van der Waals surface area contributed by atoms with E-state index in [4.69, 9.17) is 5.11 Å². The number of rotatable bonds is 2. The molecule has 12 heavy (non-hydrogen) atoms. The molecule has 2 N–H and O–H groups in total. The van der Waals surface area contributed by atoms with E-state index in [1.807, 2.05) is 0 Å². The van der Waals surface area contributed by atoms with E-state index in [2.05, 4.69) is 31.2 Å². The van der Waals surface area contributed by atoms with E-state index in [1.165, 1.54) is 6.20 Å². The molecule has 0 aliphatic heterocycles. The van der Waals surface area contributed by atoms with Gasteiger partial charge in [-0.25, -0.2) is 14.8 Å². The van der Waals surface area contributed by atoms with Crippen LogP contribution in [0.2, 0.25) is 0 Å². The lowest BCUT2D eigenvalue weighted by Gasteiger charge is -2.00. The van der Waals surface area contributed by atoms with Gasteiger partial charge in [0.05, 0.1) is 4.47 Å². The van der Waals surface area contributed by atoms with Gasteiger partial charge in [-0.15, -0.1) is 0 Å². The highest BCUT2D eigenvalue weighted by atomic mass is 79.9. The van der Waals surface area contributed by atoms with Crippen LogP contribution in [0.25, 0.3) is 0 Å². The average Bonchev–Trinajstić information content (AvgIpc) is 2.05. The molecule has 0 saturated carbocycles. The lowest BCUT2D eigenvalue weighted by molar-refractivity contribution is 0.0689. The van der Waals surface area contributed by atoms with E-state index >= 15 is 0 Å². The van der Waals surface area contributed by atoms with Gasteiger partial charge in [0.25, 0.3) is 0 Å². The average molecular weight is 232 g/mol. The van der Waals surface area contributed by atoms with Crippen LogP contribution in [0.3, 0.4) is 0 Å². The number of hydrogen-bond donors (Lipinski definition) is 2. The molecule has 0 atom stereocenters. The Kier molecular flexibility index (Phi) is 2.59. The van der Waals surface area contributed by atoms with Crippen molar-refractivity contribution >= 4 is 27.8 Å². The normalized spacial score (nSPS) is 9.50. The lowest BCUT2D eigenvalue weighted by Crippen LogP contribution is -2.05. The zero-order valence-electron chi connectivity index (χ0n) is 6.21. The first-order valence-electron chi connectivity index (χ1n) is 3.08. The van der Waals surface area contributed by atoms with E-state index < -0.39 is 5.97 Å². The monoisotopic (exact) mass is 231 g/mol. The summed E-state index contributed by atoms with van der Waals surface area (Å²) < 4.78 is 0.369. The molecule has 0 fully saturated rings. The molecule has 64 valence electrons. The number of aromatic carboxylic acids is 1. The molecule has 0 bridgehead atoms. The van der Waals surface area contributed by atoms with Crippen molar-refractivity contribution < 1.29 is 9.90 Å². The lowest BCUT2D eigenvalue weighted by atomic mass is 10.4. The van der Waals surface area contributed by atoms with Crippen LogP contribution in [0.5, 0.6) is 0 Å². The van der Waals surface area contributed by atoms with Crippen molar-refractivity contribution in [1.29, 1.82) is 0 Å². The molecule has 0 spiro atoms. The summed E-state index contributed by atoms with van der Waals surface area (Å²) in [5.41, 5.74) is -0.0469. The Labute approximate surface area is 77.0 Å². The van der Waals surface area contributed by atoms with Crippen LogP contribution in [0.15, 0.2) is 10.7 Å². The summed E-state index contributed by atoms with van der Waals surface area (Å²) in [5.74, 6) is -0.795. The third-order valence-electron chi connectivity index (χ3n) is 1.17. The molecule has 1 rings (SSSR count). The minimum absolute atomic E-state index is 0.0469. The van der Waals surface area contributed by atoms with Crippen molar-refractivity contribution in [3.63, 3.8) is 0 Å². The van der Waals surface area contributed by atoms with E-state index in [0.717, 1.165) is 0 Å². The van der Waals surface area contributed by atoms with Crippen molar-refractivity contribution in [3.05, 3.63) is 16.4 Å². The third-order valence-corrected chi connectivity index (χ3v) is 1.75. The summed E-state index contributed by atoms with van der Waals surface area (Å²) >= 11 is 3.03. The smallest absolute Gasteiger partial charge is 0.355 e. The Morgan fingerprint density at radius 1 is 1.75 bits per heavy atom. The van der Waals surface area contributed by atoms with Crippen LogP contribution < -0.4 is 5.32 Å². The summed E-state index contributed by atoms with van der Waals surface area (Å²) in [5, 5.41) is 11.3. The first-order chi connectivity index (χ1) is 5.65. The van der Waals surface area contributed by atoms with Gasteiger partial charge in [-0.05, 0) is 15.9 Å². The predicted octanol–water partition coefficient (Wildman–Crippen LogP) is 0.979. The summed E-state index contributed by atoms with van der Waals surface area (Å²) in [6.07, 6.45) is 1.39. The largest absolute Gasteiger partial charge is 0.476 e. The Hall–Kier alpha value is -1.17. The van der Waals surface area contributed by atoms with E-state index in [0.29, 0.717) is 4.47 Å². The highest BCUT2D eigenvalue weighted by Gasteiger charge is 2.10. The number of nitrogens with zero attached hydrogens (tertiary/aromatic N) is 2. The second kappa shape index (κ2) is 3.48. The Morgan fingerprint density at radius 3 is 2.92 bits per heavy atom. The number of carboxylic acid groups (broad SMARTS) is 1. The van der Waals surface area contributed by atoms with Crippen molar-refractivity contribution in [2.75, 3.05) is 12.4 Å². The molecule has 0 saturated heterocycles. The molecule has 0 amide bonds. The molecule has 5 nitrogen and oxygen atoms in total. The Morgan fingerprint density at radius 2 is 2.42 bits per heavy atom. The van der Waals surface area contributed by atoms with Crippen LogP contribution in [0.1, 0.15) is 10.5 Å². The maximum Gasteiger partial charge on any atom is 0.355 e. The topological polar surface area (TPSA) is 75.1 Å². The number of nitrogens with one attached hydrogen (secondary N) is 1. The molecule has 6 heteroatoms. The van der Waals surface area contributed by atoms with Crippen LogP contribution in [0.4, 0.5) is 5.95 Å². The van der Waals surface area contributed by atoms with Crippen molar-refractivity contribution in [3.8, 4) is 0 Å². The van der Waals surface area contributed by atoms with Crippen molar-refractivity contribution in [1.82, 2.24) is 9.97 Å². The van der Waals surface area contributed by atoms with Gasteiger partial charge in [-0.3, -0.25) is 0 Å². The SMILES string of the molecule is CNc1ncc(Br)c(C(=O)O)n1. The molecule has 0 aliphatic carbocycles. The summed E-state index contributed by atoms with van der Waals surface area (Å²) in [4.78, 5) is 18.1. The molecular formula is C6H6BrN3O2. The maximum atomic E-state index is 10.5. The molecule has 0 aromatic carbocycles. The van der Waals surface area contributed by atoms with E-state index in [1.54, 1.807) is 7.05 Å². The number of carboxylic acids is 1. The molecule has 1 aromatic heterocycles. The molecule has 0 aliphatic rings. The van der Waals surface area contributed by atoms with Gasteiger partial charge >= 0.3 is 5.97 Å². The van der Waals surface area contributed by atoms with Crippen LogP contribution >= 0.6 is 15.9 Å². The number of anilines is 1. The first kappa shape index (κ1) is 8.92. The highest BCUT2D eigenvalue weighted by Crippen LogP contribution is 2.14. The number of carbonyl (C=O) groups is 1. The number of hydrogen-bond acceptors (Lipinski definition) is 4. The van der Waals surface area contributed by atoms with Gasteiger partial charge in [0.15, 0.2) is 5.69 Å². The molecule has 0 radical (unpaired) electrons. The highest BCUT2D eigenvalue weighted by molar-refractivity contribution is 9.10. The number of halogens is 1. The van der Waals surface area contributed by atoms with Crippen molar-refractivity contribution in [2.45, 2.75) is 0 Å². The zero-order chi connectivity index (χ0) is 9.14. The summed E-state index contributed by atoms with van der Waals surface area (Å²) in [7, 11) is 1.62. The molecule has 0 unspecified atom stereocenters. The summed E-state index contributed by atoms with van der Waals surface area (Å²) in [6, 6.07) is 0. The fourth-order valence-electron chi connectivity index (χ4n) is 0.638. The third kappa shape index (κ3) is 1.70. The quantitative estimate of drug-likeness (QED) is 0.794. The second-order valence-electron chi connectivity index (χ2n) is 1.95. The first-order valence-corrected chi connectivity index (χ1v) is 3.88. The molecule has 1 aromatic rings. The van der Waals surface area contributed by atoms with Crippen LogP contribution in [-0.2, 0) is 0 Å². The standard InChI is InChI=1S/C6H6BrN3O2/c1-8-6-9-2-3(7)4(10-6)5(11)12/h2H,1H3,(H,11,12)(H,8,9,10).